The van der Waals surface area contributed by atoms with E-state index in [1.807, 2.05) is 30.3 Å². The second-order valence-corrected chi connectivity index (χ2v) is 6.79. The van der Waals surface area contributed by atoms with Gasteiger partial charge in [-0.1, -0.05) is 47.8 Å². The summed E-state index contributed by atoms with van der Waals surface area (Å²) in [6.07, 6.45) is 0. The fourth-order valence-corrected chi connectivity index (χ4v) is 3.19. The lowest BCUT2D eigenvalue weighted by atomic mass is 10.2. The molecule has 1 aromatic heterocycles. The van der Waals surface area contributed by atoms with Gasteiger partial charge >= 0.3 is 0 Å². The maximum atomic E-state index is 5.98. The van der Waals surface area contributed by atoms with Crippen LogP contribution in [0.5, 0.6) is 0 Å². The highest BCUT2D eigenvalue weighted by atomic mass is 79.9. The van der Waals surface area contributed by atoms with Crippen LogP contribution >= 0.6 is 47.8 Å². The Balaban J connectivity index is 2.26. The van der Waals surface area contributed by atoms with Crippen LogP contribution < -0.4 is 5.73 Å². The van der Waals surface area contributed by atoms with Crippen LogP contribution in [0, 0.1) is 0 Å². The van der Waals surface area contributed by atoms with Crippen LogP contribution in [0.15, 0.2) is 43.7 Å². The van der Waals surface area contributed by atoms with Crippen LogP contribution in [0.1, 0.15) is 0 Å². The molecule has 2 aromatic carbocycles. The van der Waals surface area contributed by atoms with Gasteiger partial charge in [-0.05, 0) is 30.3 Å². The number of halogens is 3. The lowest BCUT2D eigenvalue weighted by molar-refractivity contribution is 1.32. The summed E-state index contributed by atoms with van der Waals surface area (Å²) in [7, 11) is 0. The van der Waals surface area contributed by atoms with Crippen LogP contribution in [-0.4, -0.2) is 9.97 Å². The van der Waals surface area contributed by atoms with Crippen LogP contribution in [0.2, 0.25) is 0 Å². The maximum Gasteiger partial charge on any atom is 0.139 e. The van der Waals surface area contributed by atoms with E-state index in [-0.39, 0.29) is 0 Å². The van der Waals surface area contributed by atoms with Crippen molar-refractivity contribution in [2.75, 3.05) is 5.73 Å². The molecule has 96 valence electrons. The largest absolute Gasteiger partial charge is 0.397 e. The smallest absolute Gasteiger partial charge is 0.139 e. The Morgan fingerprint density at radius 2 is 1.79 bits per heavy atom. The molecule has 1 heterocycles. The zero-order valence-electron chi connectivity index (χ0n) is 9.55. The molecule has 0 bridgehead atoms. The van der Waals surface area contributed by atoms with Gasteiger partial charge in [-0.2, -0.15) is 0 Å². The first-order valence-corrected chi connectivity index (χ1v) is 7.82. The molecule has 3 nitrogen and oxygen atoms in total. The van der Waals surface area contributed by atoms with Crippen molar-refractivity contribution in [2.45, 2.75) is 0 Å². The van der Waals surface area contributed by atoms with Gasteiger partial charge in [0.15, 0.2) is 0 Å². The molecular formula is C13H8Br3N3. The van der Waals surface area contributed by atoms with E-state index in [1.54, 1.807) is 0 Å². The Labute approximate surface area is 135 Å². The van der Waals surface area contributed by atoms with Crippen molar-refractivity contribution in [1.82, 2.24) is 9.97 Å². The molecule has 0 aliphatic rings. The van der Waals surface area contributed by atoms with Crippen molar-refractivity contribution in [3.05, 3.63) is 43.7 Å². The summed E-state index contributed by atoms with van der Waals surface area (Å²) in [5.74, 6) is 0.785. The van der Waals surface area contributed by atoms with E-state index in [0.717, 1.165) is 35.8 Å². The number of aromatic nitrogens is 2. The van der Waals surface area contributed by atoms with Crippen molar-refractivity contribution in [2.24, 2.45) is 0 Å². The fraction of sp³-hybridized carbons (Fsp3) is 0. The zero-order valence-corrected chi connectivity index (χ0v) is 14.3. The van der Waals surface area contributed by atoms with E-state index in [0.29, 0.717) is 5.69 Å². The van der Waals surface area contributed by atoms with Crippen molar-refractivity contribution in [3.8, 4) is 11.4 Å². The van der Waals surface area contributed by atoms with E-state index in [2.05, 4.69) is 57.8 Å². The van der Waals surface area contributed by atoms with Gasteiger partial charge < -0.3 is 10.7 Å². The van der Waals surface area contributed by atoms with Gasteiger partial charge in [-0.15, -0.1) is 0 Å². The molecule has 6 heteroatoms. The molecule has 0 radical (unpaired) electrons. The molecule has 0 fully saturated rings. The number of aromatic amines is 1. The van der Waals surface area contributed by atoms with E-state index >= 15 is 0 Å². The van der Waals surface area contributed by atoms with Crippen molar-refractivity contribution < 1.29 is 0 Å². The van der Waals surface area contributed by atoms with E-state index in [9.17, 15) is 0 Å². The summed E-state index contributed by atoms with van der Waals surface area (Å²) in [5, 5.41) is 0. The molecule has 19 heavy (non-hydrogen) atoms. The summed E-state index contributed by atoms with van der Waals surface area (Å²) in [6.45, 7) is 0. The first-order chi connectivity index (χ1) is 9.04. The molecule has 3 rings (SSSR count). The Morgan fingerprint density at radius 3 is 2.58 bits per heavy atom. The van der Waals surface area contributed by atoms with Gasteiger partial charge in [0.05, 0.1) is 11.2 Å². The summed E-state index contributed by atoms with van der Waals surface area (Å²) in [4.78, 5) is 7.86. The maximum absolute atomic E-state index is 5.98. The van der Waals surface area contributed by atoms with E-state index in [4.69, 9.17) is 5.73 Å². The van der Waals surface area contributed by atoms with E-state index in [1.165, 1.54) is 0 Å². The molecule has 0 saturated heterocycles. The third kappa shape index (κ3) is 2.44. The van der Waals surface area contributed by atoms with Gasteiger partial charge in [0.1, 0.15) is 11.3 Å². The number of nitrogen functional groups attached to an aromatic ring is 1. The van der Waals surface area contributed by atoms with Crippen LogP contribution in [0.3, 0.4) is 0 Å². The normalized spacial score (nSPS) is 11.1. The van der Waals surface area contributed by atoms with Crippen molar-refractivity contribution >= 4 is 64.5 Å². The van der Waals surface area contributed by atoms with Crippen LogP contribution in [0.25, 0.3) is 22.4 Å². The summed E-state index contributed by atoms with van der Waals surface area (Å²) in [6, 6.07) is 9.77. The lowest BCUT2D eigenvalue weighted by Crippen LogP contribution is -1.86. The third-order valence-electron chi connectivity index (χ3n) is 2.76. The minimum atomic E-state index is 0.651. The van der Waals surface area contributed by atoms with Gasteiger partial charge in [0.25, 0.3) is 0 Å². The first kappa shape index (κ1) is 13.1. The molecule has 3 aromatic rings. The number of anilines is 1. The van der Waals surface area contributed by atoms with Gasteiger partial charge in [0, 0.05) is 19.0 Å². The number of benzene rings is 2. The average molecular weight is 446 g/mol. The van der Waals surface area contributed by atoms with Gasteiger partial charge in [-0.3, -0.25) is 0 Å². The number of hydrogen-bond acceptors (Lipinski definition) is 2. The SMILES string of the molecule is Nc1cc(Br)cc2[nH]c(-c3cc(Br)ccc3Br)nc12. The average Bonchev–Trinajstić information content (AvgIpc) is 2.76. The molecule has 0 amide bonds. The highest BCUT2D eigenvalue weighted by molar-refractivity contribution is 9.11. The number of imidazole rings is 1. The number of nitrogens with one attached hydrogen (secondary N) is 1. The van der Waals surface area contributed by atoms with Crippen molar-refractivity contribution in [3.63, 3.8) is 0 Å². The van der Waals surface area contributed by atoms with Gasteiger partial charge in [-0.25, -0.2) is 4.98 Å². The standard InChI is InChI=1S/C13H8Br3N3/c14-6-1-2-9(16)8(3-6)13-18-11-5-7(15)4-10(17)12(11)19-13/h1-5H,17H2,(H,18,19). The molecule has 3 N–H and O–H groups in total. The molecule has 0 atom stereocenters. The zero-order chi connectivity index (χ0) is 13.6. The summed E-state index contributed by atoms with van der Waals surface area (Å²) < 4.78 is 2.91. The Bertz CT molecular complexity index is 780. The molecular weight excluding hydrogens is 438 g/mol. The Morgan fingerprint density at radius 1 is 1.00 bits per heavy atom. The molecule has 0 saturated carbocycles. The number of fused-ring (bicyclic) bond motifs is 1. The molecule has 0 unspecified atom stereocenters. The summed E-state index contributed by atoms with van der Waals surface area (Å²) in [5.41, 5.74) is 9.31. The Kier molecular flexibility index (Phi) is 3.41. The highest BCUT2D eigenvalue weighted by Gasteiger charge is 2.11. The monoisotopic (exact) mass is 443 g/mol. The second-order valence-electron chi connectivity index (χ2n) is 4.10. The van der Waals surface area contributed by atoms with Crippen LogP contribution in [0.4, 0.5) is 5.69 Å². The summed E-state index contributed by atoms with van der Waals surface area (Å²) >= 11 is 10.4. The molecule has 0 aliphatic heterocycles. The fourth-order valence-electron chi connectivity index (χ4n) is 1.91. The van der Waals surface area contributed by atoms with Crippen molar-refractivity contribution in [1.29, 1.82) is 0 Å². The molecule has 0 aliphatic carbocycles. The number of rotatable bonds is 1. The number of H-pyrrole nitrogens is 1. The minimum absolute atomic E-state index is 0.651. The molecule has 0 spiro atoms. The number of hydrogen-bond donors (Lipinski definition) is 2. The predicted octanol–water partition coefficient (Wildman–Crippen LogP) is 5.10. The quantitative estimate of drug-likeness (QED) is 0.512. The highest BCUT2D eigenvalue weighted by Crippen LogP contribution is 2.32. The minimum Gasteiger partial charge on any atom is -0.397 e. The second kappa shape index (κ2) is 4.92. The number of nitrogens with zero attached hydrogens (tertiary/aromatic N) is 1. The van der Waals surface area contributed by atoms with Crippen LogP contribution in [-0.2, 0) is 0 Å². The predicted molar refractivity (Wildman–Crippen MR) is 89.0 cm³/mol. The van der Waals surface area contributed by atoms with Gasteiger partial charge in [0.2, 0.25) is 0 Å². The first-order valence-electron chi connectivity index (χ1n) is 5.45. The topological polar surface area (TPSA) is 54.7 Å². The third-order valence-corrected chi connectivity index (χ3v) is 4.41. The number of nitrogens with two attached hydrogens (primary N) is 1. The Hall–Kier alpha value is -0.850. The van der Waals surface area contributed by atoms with E-state index < -0.39 is 0 Å². The lowest BCUT2D eigenvalue weighted by Gasteiger charge is -2.01.